The van der Waals surface area contributed by atoms with E-state index in [1.165, 1.54) is 11.8 Å². The summed E-state index contributed by atoms with van der Waals surface area (Å²) in [6.45, 7) is 2.59. The molecular formula is C10H10ClN3OS2. The largest absolute Gasteiger partial charge is 0.463 e. The summed E-state index contributed by atoms with van der Waals surface area (Å²) in [4.78, 5) is 12.1. The van der Waals surface area contributed by atoms with Gasteiger partial charge in [-0.3, -0.25) is 0 Å². The van der Waals surface area contributed by atoms with Crippen molar-refractivity contribution in [3.05, 3.63) is 22.8 Å². The first kappa shape index (κ1) is 12.6. The van der Waals surface area contributed by atoms with Gasteiger partial charge in [-0.25, -0.2) is 0 Å². The SMILES string of the molecule is CCCOc1nc(Cl)nc(Sc2cccs2)n1. The fourth-order valence-corrected chi connectivity index (χ4v) is 2.85. The maximum absolute atomic E-state index is 5.82. The van der Waals surface area contributed by atoms with Crippen LogP contribution in [0.1, 0.15) is 13.3 Å². The minimum Gasteiger partial charge on any atom is -0.463 e. The Morgan fingerprint density at radius 1 is 1.41 bits per heavy atom. The molecule has 0 radical (unpaired) electrons. The fourth-order valence-electron chi connectivity index (χ4n) is 1.03. The van der Waals surface area contributed by atoms with Crippen LogP contribution in [0, 0.1) is 0 Å². The van der Waals surface area contributed by atoms with Gasteiger partial charge >= 0.3 is 6.01 Å². The number of ether oxygens (including phenoxy) is 1. The molecule has 0 aliphatic carbocycles. The molecule has 17 heavy (non-hydrogen) atoms. The van der Waals surface area contributed by atoms with E-state index in [1.54, 1.807) is 11.3 Å². The number of hydrogen-bond donors (Lipinski definition) is 0. The van der Waals surface area contributed by atoms with Gasteiger partial charge in [0.25, 0.3) is 0 Å². The quantitative estimate of drug-likeness (QED) is 0.842. The van der Waals surface area contributed by atoms with Gasteiger partial charge in [-0.05, 0) is 41.2 Å². The van der Waals surface area contributed by atoms with E-state index in [9.17, 15) is 0 Å². The van der Waals surface area contributed by atoms with Gasteiger partial charge in [0.15, 0.2) is 0 Å². The standard InChI is InChI=1S/C10H10ClN3OS2/c1-2-5-15-9-12-8(11)13-10(14-9)17-7-4-3-6-16-7/h3-4,6H,2,5H2,1H3. The van der Waals surface area contributed by atoms with Crippen molar-refractivity contribution < 1.29 is 4.74 Å². The van der Waals surface area contributed by atoms with Crippen molar-refractivity contribution in [1.82, 2.24) is 15.0 Å². The van der Waals surface area contributed by atoms with Crippen LogP contribution in [0.25, 0.3) is 0 Å². The molecule has 4 nitrogen and oxygen atoms in total. The molecular weight excluding hydrogens is 278 g/mol. The average molecular weight is 288 g/mol. The molecule has 0 saturated heterocycles. The molecule has 0 aromatic carbocycles. The first-order valence-corrected chi connectivity index (χ1v) is 7.11. The van der Waals surface area contributed by atoms with Crippen molar-refractivity contribution >= 4 is 34.7 Å². The molecule has 0 N–H and O–H groups in total. The molecule has 0 unspecified atom stereocenters. The minimum atomic E-state index is 0.158. The Morgan fingerprint density at radius 2 is 2.29 bits per heavy atom. The van der Waals surface area contributed by atoms with E-state index in [0.717, 1.165) is 10.6 Å². The van der Waals surface area contributed by atoms with Crippen LogP contribution in [-0.2, 0) is 0 Å². The molecule has 0 bridgehead atoms. The summed E-state index contributed by atoms with van der Waals surface area (Å²) in [5.41, 5.74) is 0. The third-order valence-corrected chi connectivity index (χ3v) is 3.76. The Bertz CT molecular complexity index is 478. The first-order chi connectivity index (χ1) is 8.28. The van der Waals surface area contributed by atoms with Crippen LogP contribution in [0.5, 0.6) is 6.01 Å². The fraction of sp³-hybridized carbons (Fsp3) is 0.300. The van der Waals surface area contributed by atoms with Crippen molar-refractivity contribution in [3.63, 3.8) is 0 Å². The van der Waals surface area contributed by atoms with E-state index in [0.29, 0.717) is 11.8 Å². The zero-order chi connectivity index (χ0) is 12.1. The number of rotatable bonds is 5. The van der Waals surface area contributed by atoms with Crippen LogP contribution < -0.4 is 4.74 Å². The highest BCUT2D eigenvalue weighted by molar-refractivity contribution is 8.01. The van der Waals surface area contributed by atoms with Crippen molar-refractivity contribution in [2.45, 2.75) is 22.7 Å². The van der Waals surface area contributed by atoms with Gasteiger partial charge in [0.1, 0.15) is 0 Å². The number of thiophene rings is 1. The number of aromatic nitrogens is 3. The van der Waals surface area contributed by atoms with Gasteiger partial charge in [0, 0.05) is 0 Å². The summed E-state index contributed by atoms with van der Waals surface area (Å²) in [6.07, 6.45) is 0.900. The highest BCUT2D eigenvalue weighted by Gasteiger charge is 2.08. The second-order valence-corrected chi connectivity index (χ2v) is 5.61. The predicted molar refractivity (Wildman–Crippen MR) is 69.1 cm³/mol. The van der Waals surface area contributed by atoms with E-state index >= 15 is 0 Å². The van der Waals surface area contributed by atoms with Crippen LogP contribution in [-0.4, -0.2) is 21.6 Å². The Balaban J connectivity index is 2.13. The molecule has 2 rings (SSSR count). The second-order valence-electron chi connectivity index (χ2n) is 3.05. The van der Waals surface area contributed by atoms with Crippen LogP contribution in [0.15, 0.2) is 26.9 Å². The lowest BCUT2D eigenvalue weighted by Crippen LogP contribution is -2.02. The molecule has 0 spiro atoms. The Labute approximate surface area is 112 Å². The molecule has 2 aromatic heterocycles. The molecule has 0 amide bonds. The van der Waals surface area contributed by atoms with Crippen molar-refractivity contribution in [3.8, 4) is 6.01 Å². The van der Waals surface area contributed by atoms with E-state index in [4.69, 9.17) is 16.3 Å². The van der Waals surface area contributed by atoms with Crippen molar-refractivity contribution in [2.24, 2.45) is 0 Å². The van der Waals surface area contributed by atoms with Crippen molar-refractivity contribution in [1.29, 1.82) is 0 Å². The van der Waals surface area contributed by atoms with E-state index in [1.807, 2.05) is 24.4 Å². The molecule has 7 heteroatoms. The Hall–Kier alpha value is -0.850. The second kappa shape index (κ2) is 6.18. The molecule has 0 fully saturated rings. The Morgan fingerprint density at radius 3 is 3.00 bits per heavy atom. The maximum Gasteiger partial charge on any atom is 0.321 e. The zero-order valence-electron chi connectivity index (χ0n) is 9.09. The molecule has 2 aromatic rings. The summed E-state index contributed by atoms with van der Waals surface area (Å²) in [7, 11) is 0. The molecule has 2 heterocycles. The number of halogens is 1. The highest BCUT2D eigenvalue weighted by atomic mass is 35.5. The van der Waals surface area contributed by atoms with E-state index < -0.39 is 0 Å². The van der Waals surface area contributed by atoms with Gasteiger partial charge in [-0.15, -0.1) is 11.3 Å². The Kier molecular flexibility index (Phi) is 4.58. The topological polar surface area (TPSA) is 47.9 Å². The third kappa shape index (κ3) is 3.83. The van der Waals surface area contributed by atoms with Gasteiger partial charge in [0.2, 0.25) is 10.4 Å². The summed E-state index contributed by atoms with van der Waals surface area (Å²) in [6, 6.07) is 4.26. The van der Waals surface area contributed by atoms with Crippen LogP contribution in [0.2, 0.25) is 5.28 Å². The van der Waals surface area contributed by atoms with Crippen molar-refractivity contribution in [2.75, 3.05) is 6.61 Å². The minimum absolute atomic E-state index is 0.158. The molecule has 0 saturated carbocycles. The van der Waals surface area contributed by atoms with Gasteiger partial charge in [0.05, 0.1) is 10.8 Å². The summed E-state index contributed by atoms with van der Waals surface area (Å²) in [5, 5.41) is 2.71. The predicted octanol–water partition coefficient (Wildman–Crippen LogP) is 3.53. The van der Waals surface area contributed by atoms with E-state index in [-0.39, 0.29) is 11.3 Å². The highest BCUT2D eigenvalue weighted by Crippen LogP contribution is 2.29. The molecule has 90 valence electrons. The summed E-state index contributed by atoms with van der Waals surface area (Å²) >= 11 is 8.89. The number of hydrogen-bond acceptors (Lipinski definition) is 6. The molecule has 0 aliphatic rings. The van der Waals surface area contributed by atoms with Crippen LogP contribution in [0.3, 0.4) is 0 Å². The lowest BCUT2D eigenvalue weighted by atomic mass is 10.5. The average Bonchev–Trinajstić information content (AvgIpc) is 2.78. The molecule has 0 aliphatic heterocycles. The van der Waals surface area contributed by atoms with E-state index in [2.05, 4.69) is 15.0 Å². The monoisotopic (exact) mass is 287 g/mol. The third-order valence-electron chi connectivity index (χ3n) is 1.69. The summed E-state index contributed by atoms with van der Waals surface area (Å²) < 4.78 is 6.44. The summed E-state index contributed by atoms with van der Waals surface area (Å²) in [5.74, 6) is 0. The normalized spacial score (nSPS) is 10.5. The van der Waals surface area contributed by atoms with Gasteiger partial charge in [-0.1, -0.05) is 13.0 Å². The lowest BCUT2D eigenvalue weighted by Gasteiger charge is -2.03. The number of nitrogens with zero attached hydrogens (tertiary/aromatic N) is 3. The first-order valence-electron chi connectivity index (χ1n) is 5.03. The van der Waals surface area contributed by atoms with Crippen LogP contribution >= 0.6 is 34.7 Å². The smallest absolute Gasteiger partial charge is 0.321 e. The molecule has 0 atom stereocenters. The lowest BCUT2D eigenvalue weighted by molar-refractivity contribution is 0.288. The zero-order valence-corrected chi connectivity index (χ0v) is 11.5. The maximum atomic E-state index is 5.82. The van der Waals surface area contributed by atoms with Gasteiger partial charge < -0.3 is 4.74 Å². The van der Waals surface area contributed by atoms with Crippen LogP contribution in [0.4, 0.5) is 0 Å². The van der Waals surface area contributed by atoms with Gasteiger partial charge in [-0.2, -0.15) is 15.0 Å².